The van der Waals surface area contributed by atoms with Gasteiger partial charge in [-0.15, -0.1) is 0 Å². The maximum Gasteiger partial charge on any atom is 0.227 e. The predicted molar refractivity (Wildman–Crippen MR) is 96.2 cm³/mol. The molecular weight excluding hydrogens is 340 g/mol. The second-order valence-electron chi connectivity index (χ2n) is 6.95. The first kappa shape index (κ1) is 17.9. The van der Waals surface area contributed by atoms with Crippen LogP contribution < -0.4 is 10.2 Å². The lowest BCUT2D eigenvalue weighted by molar-refractivity contribution is -0.126. The summed E-state index contributed by atoms with van der Waals surface area (Å²) in [5.41, 5.74) is 3.03. The van der Waals surface area contributed by atoms with E-state index >= 15 is 0 Å². The molecule has 3 rings (SSSR count). The van der Waals surface area contributed by atoms with Crippen LogP contribution in [0, 0.1) is 12.8 Å². The van der Waals surface area contributed by atoms with Crippen LogP contribution in [0.15, 0.2) is 18.2 Å². The van der Waals surface area contributed by atoms with Crippen LogP contribution >= 0.6 is 0 Å². The van der Waals surface area contributed by atoms with Gasteiger partial charge in [0.15, 0.2) is 9.84 Å². The summed E-state index contributed by atoms with van der Waals surface area (Å²) in [5.74, 6) is -0.578. The van der Waals surface area contributed by atoms with Crippen molar-refractivity contribution in [3.63, 3.8) is 0 Å². The number of nitrogens with one attached hydrogen (secondary N) is 1. The normalized spacial score (nSPS) is 25.4. The third-order valence-corrected chi connectivity index (χ3v) is 6.81. The molecule has 1 N–H and O–H groups in total. The monoisotopic (exact) mass is 364 g/mol. The molecule has 1 aromatic carbocycles. The number of para-hydroxylation sites is 1. The molecule has 2 atom stereocenters. The second kappa shape index (κ2) is 6.78. The van der Waals surface area contributed by atoms with Gasteiger partial charge in [0.1, 0.15) is 0 Å². The Hall–Kier alpha value is -1.89. The molecule has 2 aliphatic heterocycles. The summed E-state index contributed by atoms with van der Waals surface area (Å²) < 4.78 is 23.1. The number of amides is 2. The minimum Gasteiger partial charge on any atom is -0.352 e. The van der Waals surface area contributed by atoms with Crippen LogP contribution in [0.1, 0.15) is 30.9 Å². The molecule has 0 bridgehead atoms. The molecule has 136 valence electrons. The van der Waals surface area contributed by atoms with Gasteiger partial charge >= 0.3 is 0 Å². The summed E-state index contributed by atoms with van der Waals surface area (Å²) in [6, 6.07) is 5.62. The molecular formula is C18H24N2O4S. The molecule has 0 spiro atoms. The van der Waals surface area contributed by atoms with Crippen LogP contribution in [0.25, 0.3) is 0 Å². The van der Waals surface area contributed by atoms with E-state index in [1.165, 1.54) is 0 Å². The molecule has 2 fully saturated rings. The van der Waals surface area contributed by atoms with Gasteiger partial charge in [0.2, 0.25) is 11.8 Å². The van der Waals surface area contributed by atoms with Crippen LogP contribution in [0.3, 0.4) is 0 Å². The fourth-order valence-electron chi connectivity index (χ4n) is 3.72. The Labute approximate surface area is 148 Å². The highest BCUT2D eigenvalue weighted by Crippen LogP contribution is 2.31. The smallest absolute Gasteiger partial charge is 0.227 e. The molecule has 2 unspecified atom stereocenters. The molecule has 2 saturated heterocycles. The summed E-state index contributed by atoms with van der Waals surface area (Å²) in [5, 5.41) is 2.82. The Morgan fingerprint density at radius 3 is 2.76 bits per heavy atom. The third-order valence-electron chi connectivity index (χ3n) is 5.05. The van der Waals surface area contributed by atoms with Crippen molar-refractivity contribution in [3.05, 3.63) is 29.3 Å². The SMILES string of the molecule is CCc1cccc(C)c1N1CC(C(=O)NC2CCS(=O)(=O)C2)CC1=O. The number of carbonyl (C=O) groups excluding carboxylic acids is 2. The largest absolute Gasteiger partial charge is 0.352 e. The number of anilines is 1. The van der Waals surface area contributed by atoms with Gasteiger partial charge < -0.3 is 10.2 Å². The highest BCUT2D eigenvalue weighted by atomic mass is 32.2. The topological polar surface area (TPSA) is 83.6 Å². The van der Waals surface area contributed by atoms with E-state index in [0.29, 0.717) is 13.0 Å². The first-order chi connectivity index (χ1) is 11.8. The van der Waals surface area contributed by atoms with Crippen molar-refractivity contribution in [1.29, 1.82) is 0 Å². The zero-order valence-electron chi connectivity index (χ0n) is 14.6. The van der Waals surface area contributed by atoms with E-state index in [4.69, 9.17) is 0 Å². The number of benzene rings is 1. The Bertz CT molecular complexity index is 803. The van der Waals surface area contributed by atoms with Crippen LogP contribution in [0.4, 0.5) is 5.69 Å². The molecule has 6 nitrogen and oxygen atoms in total. The Kier molecular flexibility index (Phi) is 4.86. The average Bonchev–Trinajstić information content (AvgIpc) is 3.09. The molecule has 25 heavy (non-hydrogen) atoms. The molecule has 2 amide bonds. The number of hydrogen-bond acceptors (Lipinski definition) is 4. The molecule has 0 aromatic heterocycles. The molecule has 7 heteroatoms. The molecule has 2 aliphatic rings. The lowest BCUT2D eigenvalue weighted by atomic mass is 10.0. The van der Waals surface area contributed by atoms with Crippen molar-refractivity contribution in [2.24, 2.45) is 5.92 Å². The van der Waals surface area contributed by atoms with Gasteiger partial charge in [-0.25, -0.2) is 8.42 Å². The van der Waals surface area contributed by atoms with Gasteiger partial charge in [0.25, 0.3) is 0 Å². The summed E-state index contributed by atoms with van der Waals surface area (Å²) in [4.78, 5) is 26.7. The maximum absolute atomic E-state index is 12.5. The predicted octanol–water partition coefficient (Wildman–Crippen LogP) is 1.21. The molecule has 0 radical (unpaired) electrons. The quantitative estimate of drug-likeness (QED) is 0.871. The zero-order valence-corrected chi connectivity index (χ0v) is 15.4. The standard InChI is InChI=1S/C18H24N2O4S/c1-3-13-6-4-5-12(2)17(13)20-10-14(9-16(20)21)18(22)19-15-7-8-25(23,24)11-15/h4-6,14-15H,3,7-11H2,1-2H3,(H,19,22). The van der Waals surface area contributed by atoms with Crippen molar-refractivity contribution < 1.29 is 18.0 Å². The fraction of sp³-hybridized carbons (Fsp3) is 0.556. The lowest BCUT2D eigenvalue weighted by Gasteiger charge is -2.22. The Balaban J connectivity index is 1.72. The highest BCUT2D eigenvalue weighted by Gasteiger charge is 2.38. The van der Waals surface area contributed by atoms with Gasteiger partial charge in [-0.3, -0.25) is 9.59 Å². The van der Waals surface area contributed by atoms with Crippen LogP contribution in [-0.4, -0.2) is 44.3 Å². The number of sulfone groups is 1. The Morgan fingerprint density at radius 1 is 1.36 bits per heavy atom. The number of aryl methyl sites for hydroxylation is 2. The van der Waals surface area contributed by atoms with Crippen LogP contribution in [0.2, 0.25) is 0 Å². The number of hydrogen-bond donors (Lipinski definition) is 1. The van der Waals surface area contributed by atoms with Crippen molar-refractivity contribution in [1.82, 2.24) is 5.32 Å². The van der Waals surface area contributed by atoms with E-state index in [-0.39, 0.29) is 35.8 Å². The van der Waals surface area contributed by atoms with Crippen molar-refractivity contribution in [3.8, 4) is 0 Å². The summed E-state index contributed by atoms with van der Waals surface area (Å²) in [7, 11) is -3.04. The minimum absolute atomic E-state index is 0.000890. The third kappa shape index (κ3) is 3.71. The van der Waals surface area contributed by atoms with E-state index in [1.54, 1.807) is 4.90 Å². The van der Waals surface area contributed by atoms with Crippen LogP contribution in [-0.2, 0) is 25.8 Å². The zero-order chi connectivity index (χ0) is 18.2. The first-order valence-electron chi connectivity index (χ1n) is 8.70. The molecule has 0 aliphatic carbocycles. The Morgan fingerprint density at radius 2 is 2.12 bits per heavy atom. The maximum atomic E-state index is 12.5. The molecule has 1 aromatic rings. The van der Waals surface area contributed by atoms with Crippen LogP contribution in [0.5, 0.6) is 0 Å². The number of nitrogens with zero attached hydrogens (tertiary/aromatic N) is 1. The van der Waals surface area contributed by atoms with Gasteiger partial charge in [-0.1, -0.05) is 25.1 Å². The van der Waals surface area contributed by atoms with Gasteiger partial charge in [0.05, 0.1) is 17.4 Å². The van der Waals surface area contributed by atoms with Crippen molar-refractivity contribution in [2.45, 2.75) is 39.2 Å². The van der Waals surface area contributed by atoms with Gasteiger partial charge in [-0.2, -0.15) is 0 Å². The van der Waals surface area contributed by atoms with E-state index in [9.17, 15) is 18.0 Å². The number of rotatable bonds is 4. The summed E-state index contributed by atoms with van der Waals surface area (Å²) in [6.45, 7) is 4.37. The molecule has 0 saturated carbocycles. The first-order valence-corrected chi connectivity index (χ1v) is 10.5. The molecule has 2 heterocycles. The minimum atomic E-state index is -3.04. The number of carbonyl (C=O) groups is 2. The van der Waals surface area contributed by atoms with Crippen molar-refractivity contribution >= 4 is 27.3 Å². The summed E-state index contributed by atoms with van der Waals surface area (Å²) >= 11 is 0. The lowest BCUT2D eigenvalue weighted by Crippen LogP contribution is -2.40. The average molecular weight is 364 g/mol. The van der Waals surface area contributed by atoms with E-state index in [2.05, 4.69) is 5.32 Å². The van der Waals surface area contributed by atoms with Gasteiger partial charge in [0, 0.05) is 24.7 Å². The van der Waals surface area contributed by atoms with Crippen molar-refractivity contribution in [2.75, 3.05) is 23.0 Å². The van der Waals surface area contributed by atoms with E-state index in [1.807, 2.05) is 32.0 Å². The van der Waals surface area contributed by atoms with E-state index < -0.39 is 15.8 Å². The second-order valence-corrected chi connectivity index (χ2v) is 9.18. The summed E-state index contributed by atoms with van der Waals surface area (Å²) in [6.07, 6.45) is 1.44. The van der Waals surface area contributed by atoms with E-state index in [0.717, 1.165) is 23.2 Å². The fourth-order valence-corrected chi connectivity index (χ4v) is 5.39. The highest BCUT2D eigenvalue weighted by molar-refractivity contribution is 7.91. The van der Waals surface area contributed by atoms with Gasteiger partial charge in [-0.05, 0) is 30.9 Å².